The fraction of sp³-hybridized carbons (Fsp3) is 0.176. The number of carbonyl (C=O) groups excluding carboxylic acids is 1. The monoisotopic (exact) mass is 283 g/mol. The summed E-state index contributed by atoms with van der Waals surface area (Å²) >= 11 is 0. The summed E-state index contributed by atoms with van der Waals surface area (Å²) in [6.45, 7) is 2.49. The average molecular weight is 283 g/mol. The topological polar surface area (TPSA) is 48.4 Å². The Balaban J connectivity index is 2.16. The number of benzene rings is 1. The third-order valence-corrected chi connectivity index (χ3v) is 2.83. The third kappa shape index (κ3) is 3.92. The first kappa shape index (κ1) is 14.8. The maximum atomic E-state index is 11.9. The molecular weight excluding hydrogens is 266 g/mol. The van der Waals surface area contributed by atoms with Crippen LogP contribution in [-0.2, 0) is 0 Å². The first-order chi connectivity index (χ1) is 10.2. The van der Waals surface area contributed by atoms with Gasteiger partial charge in [-0.25, -0.2) is 0 Å². The van der Waals surface area contributed by atoms with E-state index in [9.17, 15) is 4.79 Å². The summed E-state index contributed by atoms with van der Waals surface area (Å²) in [4.78, 5) is 16.0. The van der Waals surface area contributed by atoms with Crippen LogP contribution >= 0.6 is 0 Å². The van der Waals surface area contributed by atoms with Gasteiger partial charge in [-0.1, -0.05) is 18.2 Å². The molecule has 0 unspecified atom stereocenters. The third-order valence-electron chi connectivity index (χ3n) is 2.83. The van der Waals surface area contributed by atoms with Gasteiger partial charge >= 0.3 is 0 Å². The van der Waals surface area contributed by atoms with E-state index in [1.807, 2.05) is 25.1 Å². The summed E-state index contributed by atoms with van der Waals surface area (Å²) in [5.74, 6) is 1.20. The Morgan fingerprint density at radius 3 is 2.76 bits per heavy atom. The Morgan fingerprint density at radius 2 is 2.10 bits per heavy atom. The Bertz CT molecular complexity index is 636. The SMILES string of the molecule is CCOc1ccc(/C=C/C(=O)c2ccccn2)cc1OC. The van der Waals surface area contributed by atoms with E-state index in [1.54, 1.807) is 37.6 Å². The number of hydrogen-bond acceptors (Lipinski definition) is 4. The Labute approximate surface area is 124 Å². The summed E-state index contributed by atoms with van der Waals surface area (Å²) in [7, 11) is 1.59. The van der Waals surface area contributed by atoms with Crippen LogP contribution in [0.3, 0.4) is 0 Å². The summed E-state index contributed by atoms with van der Waals surface area (Å²) in [6.07, 6.45) is 4.83. The first-order valence-corrected chi connectivity index (χ1v) is 6.69. The van der Waals surface area contributed by atoms with Crippen molar-refractivity contribution in [3.63, 3.8) is 0 Å². The Hall–Kier alpha value is -2.62. The maximum absolute atomic E-state index is 11.9. The molecule has 4 nitrogen and oxygen atoms in total. The number of rotatable bonds is 6. The number of hydrogen-bond donors (Lipinski definition) is 0. The molecule has 0 fully saturated rings. The predicted octanol–water partition coefficient (Wildman–Crippen LogP) is 3.39. The van der Waals surface area contributed by atoms with Crippen LogP contribution in [0, 0.1) is 0 Å². The summed E-state index contributed by atoms with van der Waals surface area (Å²) in [5, 5.41) is 0. The zero-order valence-corrected chi connectivity index (χ0v) is 12.1. The van der Waals surface area contributed by atoms with Crippen molar-refractivity contribution in [3.8, 4) is 11.5 Å². The molecule has 1 heterocycles. The molecule has 0 saturated heterocycles. The first-order valence-electron chi connectivity index (χ1n) is 6.69. The fourth-order valence-corrected chi connectivity index (χ4v) is 1.83. The van der Waals surface area contributed by atoms with Gasteiger partial charge < -0.3 is 9.47 Å². The smallest absolute Gasteiger partial charge is 0.204 e. The van der Waals surface area contributed by atoms with Gasteiger partial charge in [-0.05, 0) is 42.8 Å². The average Bonchev–Trinajstić information content (AvgIpc) is 2.54. The lowest BCUT2D eigenvalue weighted by Gasteiger charge is -2.09. The molecule has 0 aliphatic heterocycles. The maximum Gasteiger partial charge on any atom is 0.204 e. The highest BCUT2D eigenvalue weighted by Gasteiger charge is 2.05. The Kier molecular flexibility index (Phi) is 5.10. The van der Waals surface area contributed by atoms with Crippen molar-refractivity contribution < 1.29 is 14.3 Å². The second-order valence-corrected chi connectivity index (χ2v) is 4.26. The molecule has 0 aliphatic carbocycles. The lowest BCUT2D eigenvalue weighted by Crippen LogP contribution is -1.97. The highest BCUT2D eigenvalue weighted by atomic mass is 16.5. The number of allylic oxidation sites excluding steroid dienone is 1. The van der Waals surface area contributed by atoms with Crippen molar-refractivity contribution in [1.29, 1.82) is 0 Å². The van der Waals surface area contributed by atoms with Gasteiger partial charge in [-0.3, -0.25) is 9.78 Å². The van der Waals surface area contributed by atoms with Gasteiger partial charge in [0.25, 0.3) is 0 Å². The van der Waals surface area contributed by atoms with E-state index in [4.69, 9.17) is 9.47 Å². The van der Waals surface area contributed by atoms with Crippen LogP contribution in [0.2, 0.25) is 0 Å². The largest absolute Gasteiger partial charge is 0.493 e. The van der Waals surface area contributed by atoms with E-state index in [-0.39, 0.29) is 5.78 Å². The van der Waals surface area contributed by atoms with E-state index in [2.05, 4.69) is 4.98 Å². The van der Waals surface area contributed by atoms with E-state index in [0.717, 1.165) is 5.56 Å². The number of carbonyl (C=O) groups is 1. The van der Waals surface area contributed by atoms with Gasteiger partial charge in [0.05, 0.1) is 13.7 Å². The van der Waals surface area contributed by atoms with E-state index >= 15 is 0 Å². The Morgan fingerprint density at radius 1 is 1.24 bits per heavy atom. The molecule has 0 N–H and O–H groups in total. The molecule has 1 aromatic heterocycles. The van der Waals surface area contributed by atoms with Crippen molar-refractivity contribution in [3.05, 3.63) is 59.9 Å². The van der Waals surface area contributed by atoms with Crippen molar-refractivity contribution in [2.45, 2.75) is 6.92 Å². The number of pyridine rings is 1. The molecule has 2 rings (SSSR count). The minimum atomic E-state index is -0.136. The molecule has 4 heteroatoms. The molecule has 2 aromatic rings. The van der Waals surface area contributed by atoms with Gasteiger partial charge in [0.15, 0.2) is 11.5 Å². The summed E-state index contributed by atoms with van der Waals surface area (Å²) in [6, 6.07) is 10.8. The quantitative estimate of drug-likeness (QED) is 0.602. The zero-order valence-electron chi connectivity index (χ0n) is 12.1. The van der Waals surface area contributed by atoms with Gasteiger partial charge in [-0.15, -0.1) is 0 Å². The molecule has 0 aliphatic rings. The number of nitrogens with zero attached hydrogens (tertiary/aromatic N) is 1. The van der Waals surface area contributed by atoms with Crippen LogP contribution in [0.5, 0.6) is 11.5 Å². The summed E-state index contributed by atoms with van der Waals surface area (Å²) in [5.41, 5.74) is 1.28. The molecule has 0 atom stereocenters. The molecule has 0 amide bonds. The molecule has 0 saturated carbocycles. The number of ketones is 1. The lowest BCUT2D eigenvalue weighted by atomic mass is 10.1. The normalized spacial score (nSPS) is 10.6. The highest BCUT2D eigenvalue weighted by molar-refractivity contribution is 6.05. The minimum Gasteiger partial charge on any atom is -0.493 e. The number of methoxy groups -OCH3 is 1. The van der Waals surface area contributed by atoms with Crippen LogP contribution in [0.1, 0.15) is 23.0 Å². The second-order valence-electron chi connectivity index (χ2n) is 4.26. The molecule has 1 aromatic carbocycles. The molecular formula is C17H17NO3. The summed E-state index contributed by atoms with van der Waals surface area (Å²) < 4.78 is 10.7. The van der Waals surface area contributed by atoms with Gasteiger partial charge in [0.1, 0.15) is 5.69 Å². The minimum absolute atomic E-state index is 0.136. The van der Waals surface area contributed by atoms with Gasteiger partial charge in [0.2, 0.25) is 5.78 Å². The standard InChI is InChI=1S/C17H17NO3/c1-3-21-16-10-8-13(12-17(16)20-2)7-9-15(19)14-6-4-5-11-18-14/h4-12H,3H2,1-2H3/b9-7+. The number of ether oxygens (including phenoxy) is 2. The fourth-order valence-electron chi connectivity index (χ4n) is 1.83. The highest BCUT2D eigenvalue weighted by Crippen LogP contribution is 2.28. The van der Waals surface area contributed by atoms with E-state index in [0.29, 0.717) is 23.8 Å². The van der Waals surface area contributed by atoms with Crippen molar-refractivity contribution >= 4 is 11.9 Å². The van der Waals surface area contributed by atoms with Crippen LogP contribution < -0.4 is 9.47 Å². The van der Waals surface area contributed by atoms with E-state index in [1.165, 1.54) is 6.08 Å². The molecule has 0 spiro atoms. The zero-order chi connectivity index (χ0) is 15.1. The predicted molar refractivity (Wildman–Crippen MR) is 81.8 cm³/mol. The van der Waals surface area contributed by atoms with Crippen molar-refractivity contribution in [1.82, 2.24) is 4.98 Å². The van der Waals surface area contributed by atoms with Crippen LogP contribution in [0.4, 0.5) is 0 Å². The van der Waals surface area contributed by atoms with Crippen molar-refractivity contribution in [2.24, 2.45) is 0 Å². The van der Waals surface area contributed by atoms with E-state index < -0.39 is 0 Å². The van der Waals surface area contributed by atoms with Crippen LogP contribution in [0.15, 0.2) is 48.7 Å². The van der Waals surface area contributed by atoms with Crippen LogP contribution in [-0.4, -0.2) is 24.5 Å². The molecule has 0 bridgehead atoms. The molecule has 0 radical (unpaired) electrons. The second kappa shape index (κ2) is 7.24. The van der Waals surface area contributed by atoms with Gasteiger partial charge in [-0.2, -0.15) is 0 Å². The van der Waals surface area contributed by atoms with Crippen molar-refractivity contribution in [2.75, 3.05) is 13.7 Å². The number of aromatic nitrogens is 1. The van der Waals surface area contributed by atoms with Gasteiger partial charge in [0, 0.05) is 6.20 Å². The van der Waals surface area contributed by atoms with Crippen LogP contribution in [0.25, 0.3) is 6.08 Å². The molecule has 108 valence electrons. The molecule has 21 heavy (non-hydrogen) atoms. The lowest BCUT2D eigenvalue weighted by molar-refractivity contribution is 0.104.